The molecule has 5 nitrogen and oxygen atoms in total. The predicted octanol–water partition coefficient (Wildman–Crippen LogP) is 2.96. The molecule has 22 heavy (non-hydrogen) atoms. The van der Waals surface area contributed by atoms with Crippen LogP contribution in [-0.2, 0) is 11.2 Å². The van der Waals surface area contributed by atoms with Crippen LogP contribution in [0, 0.1) is 0 Å². The molecule has 1 amide bonds. The number of rotatable bonds is 6. The van der Waals surface area contributed by atoms with Gasteiger partial charge in [-0.25, -0.2) is 0 Å². The second-order valence-electron chi connectivity index (χ2n) is 4.64. The Morgan fingerprint density at radius 2 is 1.77 bits per heavy atom. The SMILES string of the molecule is CCOc1ccc(NC(=O)c2ccccc2CC(=O)O)cc1. The van der Waals surface area contributed by atoms with Gasteiger partial charge in [-0.05, 0) is 42.8 Å². The summed E-state index contributed by atoms with van der Waals surface area (Å²) in [6.07, 6.45) is -0.188. The fourth-order valence-corrected chi connectivity index (χ4v) is 2.06. The minimum absolute atomic E-state index is 0.188. The fraction of sp³-hybridized carbons (Fsp3) is 0.176. The van der Waals surface area contributed by atoms with Gasteiger partial charge >= 0.3 is 5.97 Å². The Bertz CT molecular complexity index is 665. The van der Waals surface area contributed by atoms with Crippen LogP contribution in [0.25, 0.3) is 0 Å². The first kappa shape index (κ1) is 15.6. The number of anilines is 1. The highest BCUT2D eigenvalue weighted by atomic mass is 16.5. The molecule has 0 aromatic heterocycles. The number of hydrogen-bond donors (Lipinski definition) is 2. The van der Waals surface area contributed by atoms with Crippen LogP contribution in [-0.4, -0.2) is 23.6 Å². The molecule has 0 radical (unpaired) electrons. The van der Waals surface area contributed by atoms with Crippen molar-refractivity contribution in [3.05, 3.63) is 59.7 Å². The van der Waals surface area contributed by atoms with E-state index in [1.54, 1.807) is 48.5 Å². The molecule has 0 atom stereocenters. The number of aliphatic carboxylic acids is 1. The van der Waals surface area contributed by atoms with Crippen molar-refractivity contribution in [3.63, 3.8) is 0 Å². The average Bonchev–Trinajstić information content (AvgIpc) is 2.49. The normalized spacial score (nSPS) is 10.0. The second-order valence-corrected chi connectivity index (χ2v) is 4.64. The maximum Gasteiger partial charge on any atom is 0.307 e. The van der Waals surface area contributed by atoms with E-state index in [-0.39, 0.29) is 12.3 Å². The van der Waals surface area contributed by atoms with E-state index in [1.807, 2.05) is 6.92 Å². The molecule has 0 unspecified atom stereocenters. The summed E-state index contributed by atoms with van der Waals surface area (Å²) in [6, 6.07) is 13.7. The topological polar surface area (TPSA) is 75.6 Å². The van der Waals surface area contributed by atoms with Gasteiger partial charge in [0.05, 0.1) is 13.0 Å². The van der Waals surface area contributed by atoms with E-state index in [0.717, 1.165) is 5.75 Å². The summed E-state index contributed by atoms with van der Waals surface area (Å²) in [4.78, 5) is 23.1. The fourth-order valence-electron chi connectivity index (χ4n) is 2.06. The summed E-state index contributed by atoms with van der Waals surface area (Å²) in [5.41, 5.74) is 1.47. The van der Waals surface area contributed by atoms with E-state index in [0.29, 0.717) is 23.4 Å². The van der Waals surface area contributed by atoms with Gasteiger partial charge in [-0.15, -0.1) is 0 Å². The van der Waals surface area contributed by atoms with Crippen molar-refractivity contribution in [2.45, 2.75) is 13.3 Å². The molecule has 0 heterocycles. The first-order valence-electron chi connectivity index (χ1n) is 6.94. The van der Waals surface area contributed by atoms with Gasteiger partial charge in [0, 0.05) is 11.3 Å². The van der Waals surface area contributed by atoms with Crippen LogP contribution < -0.4 is 10.1 Å². The van der Waals surface area contributed by atoms with E-state index in [1.165, 1.54) is 0 Å². The predicted molar refractivity (Wildman–Crippen MR) is 83.3 cm³/mol. The van der Waals surface area contributed by atoms with Gasteiger partial charge in [-0.1, -0.05) is 18.2 Å². The monoisotopic (exact) mass is 299 g/mol. The molecule has 2 aromatic rings. The lowest BCUT2D eigenvalue weighted by molar-refractivity contribution is -0.136. The Labute approximate surface area is 128 Å². The summed E-state index contributed by atoms with van der Waals surface area (Å²) in [7, 11) is 0. The summed E-state index contributed by atoms with van der Waals surface area (Å²) >= 11 is 0. The molecular weight excluding hydrogens is 282 g/mol. The number of benzene rings is 2. The molecule has 2 rings (SSSR count). The number of carboxylic acid groups (broad SMARTS) is 1. The molecule has 0 bridgehead atoms. The molecule has 0 aliphatic rings. The van der Waals surface area contributed by atoms with E-state index in [2.05, 4.69) is 5.32 Å². The molecule has 2 N–H and O–H groups in total. The number of carbonyl (C=O) groups is 2. The molecular formula is C17H17NO4. The third kappa shape index (κ3) is 4.09. The van der Waals surface area contributed by atoms with Gasteiger partial charge < -0.3 is 15.2 Å². The number of carbonyl (C=O) groups excluding carboxylic acids is 1. The van der Waals surface area contributed by atoms with Gasteiger partial charge in [0.15, 0.2) is 0 Å². The summed E-state index contributed by atoms with van der Waals surface area (Å²) < 4.78 is 5.34. The number of nitrogens with one attached hydrogen (secondary N) is 1. The Hall–Kier alpha value is -2.82. The number of hydrogen-bond acceptors (Lipinski definition) is 3. The molecule has 0 aliphatic heterocycles. The van der Waals surface area contributed by atoms with Crippen LogP contribution in [0.15, 0.2) is 48.5 Å². The molecule has 114 valence electrons. The van der Waals surface area contributed by atoms with Gasteiger partial charge in [0.1, 0.15) is 5.75 Å². The van der Waals surface area contributed by atoms with E-state index < -0.39 is 5.97 Å². The van der Waals surface area contributed by atoms with Crippen molar-refractivity contribution in [3.8, 4) is 5.75 Å². The van der Waals surface area contributed by atoms with Gasteiger partial charge in [0.25, 0.3) is 5.91 Å². The first-order valence-corrected chi connectivity index (χ1v) is 6.94. The Morgan fingerprint density at radius 1 is 1.09 bits per heavy atom. The molecule has 0 saturated carbocycles. The maximum atomic E-state index is 12.3. The molecule has 0 fully saturated rings. The van der Waals surface area contributed by atoms with Gasteiger partial charge in [-0.2, -0.15) is 0 Å². The molecule has 0 spiro atoms. The van der Waals surface area contributed by atoms with Crippen molar-refractivity contribution in [2.75, 3.05) is 11.9 Å². The summed E-state index contributed by atoms with van der Waals surface area (Å²) in [6.45, 7) is 2.48. The van der Waals surface area contributed by atoms with Crippen LogP contribution in [0.5, 0.6) is 5.75 Å². The van der Waals surface area contributed by atoms with Gasteiger partial charge in [0.2, 0.25) is 0 Å². The Kier molecular flexibility index (Phi) is 5.14. The Balaban J connectivity index is 2.13. The lowest BCUT2D eigenvalue weighted by Gasteiger charge is -2.09. The van der Waals surface area contributed by atoms with Gasteiger partial charge in [-0.3, -0.25) is 9.59 Å². The molecule has 5 heteroatoms. The third-order valence-corrected chi connectivity index (χ3v) is 3.03. The zero-order valence-electron chi connectivity index (χ0n) is 12.2. The van der Waals surface area contributed by atoms with Crippen LogP contribution >= 0.6 is 0 Å². The Morgan fingerprint density at radius 3 is 2.41 bits per heavy atom. The number of ether oxygens (including phenoxy) is 1. The van der Waals surface area contributed by atoms with Crippen molar-refractivity contribution in [2.24, 2.45) is 0 Å². The molecule has 2 aromatic carbocycles. The van der Waals surface area contributed by atoms with Crippen LogP contribution in [0.1, 0.15) is 22.8 Å². The van der Waals surface area contributed by atoms with Crippen molar-refractivity contribution in [1.82, 2.24) is 0 Å². The summed E-state index contributed by atoms with van der Waals surface area (Å²) in [5.74, 6) is -0.575. The standard InChI is InChI=1S/C17H17NO4/c1-2-22-14-9-7-13(8-10-14)18-17(21)15-6-4-3-5-12(15)11-16(19)20/h3-10H,2,11H2,1H3,(H,18,21)(H,19,20). The van der Waals surface area contributed by atoms with Crippen LogP contribution in [0.3, 0.4) is 0 Å². The van der Waals surface area contributed by atoms with Crippen LogP contribution in [0.2, 0.25) is 0 Å². The quantitative estimate of drug-likeness (QED) is 0.860. The summed E-state index contributed by atoms with van der Waals surface area (Å²) in [5, 5.41) is 11.7. The third-order valence-electron chi connectivity index (χ3n) is 3.03. The second kappa shape index (κ2) is 7.26. The first-order chi connectivity index (χ1) is 10.6. The largest absolute Gasteiger partial charge is 0.494 e. The lowest BCUT2D eigenvalue weighted by Crippen LogP contribution is -2.15. The van der Waals surface area contributed by atoms with Crippen molar-refractivity contribution >= 4 is 17.6 Å². The minimum Gasteiger partial charge on any atom is -0.494 e. The zero-order chi connectivity index (χ0) is 15.9. The van der Waals surface area contributed by atoms with Crippen molar-refractivity contribution < 1.29 is 19.4 Å². The van der Waals surface area contributed by atoms with E-state index in [9.17, 15) is 9.59 Å². The number of amides is 1. The smallest absolute Gasteiger partial charge is 0.307 e. The molecule has 0 saturated heterocycles. The van der Waals surface area contributed by atoms with E-state index >= 15 is 0 Å². The minimum atomic E-state index is -0.971. The lowest BCUT2D eigenvalue weighted by atomic mass is 10.0. The molecule has 0 aliphatic carbocycles. The van der Waals surface area contributed by atoms with Crippen molar-refractivity contribution in [1.29, 1.82) is 0 Å². The zero-order valence-corrected chi connectivity index (χ0v) is 12.2. The highest BCUT2D eigenvalue weighted by Crippen LogP contribution is 2.17. The van der Waals surface area contributed by atoms with E-state index in [4.69, 9.17) is 9.84 Å². The number of carboxylic acids is 1. The highest BCUT2D eigenvalue weighted by molar-refractivity contribution is 6.05. The maximum absolute atomic E-state index is 12.3. The highest BCUT2D eigenvalue weighted by Gasteiger charge is 2.13. The average molecular weight is 299 g/mol. The van der Waals surface area contributed by atoms with Crippen LogP contribution in [0.4, 0.5) is 5.69 Å².